The molecule has 0 spiro atoms. The molecule has 0 atom stereocenters. The Morgan fingerprint density at radius 3 is 2.38 bits per heavy atom. The van der Waals surface area contributed by atoms with Crippen LogP contribution in [0.25, 0.3) is 0 Å². The van der Waals surface area contributed by atoms with Gasteiger partial charge in [0.15, 0.2) is 5.82 Å². The highest BCUT2D eigenvalue weighted by atomic mass is 16.6. The summed E-state index contributed by atoms with van der Waals surface area (Å²) in [5, 5.41) is 4.04. The molecule has 26 heavy (non-hydrogen) atoms. The van der Waals surface area contributed by atoms with Crippen LogP contribution in [0.4, 0.5) is 4.79 Å². The number of hydrogen-bond donors (Lipinski definition) is 0. The van der Waals surface area contributed by atoms with Crippen molar-refractivity contribution in [3.05, 3.63) is 83.5 Å². The van der Waals surface area contributed by atoms with Gasteiger partial charge in [-0.25, -0.2) is 4.79 Å². The Balaban J connectivity index is 1.26. The first-order valence-electron chi connectivity index (χ1n) is 8.60. The zero-order valence-electron chi connectivity index (χ0n) is 14.2. The number of hydrogen-bond acceptors (Lipinski definition) is 5. The number of benzene rings is 2. The van der Waals surface area contributed by atoms with Gasteiger partial charge in [0, 0.05) is 19.5 Å². The second kappa shape index (κ2) is 7.39. The van der Waals surface area contributed by atoms with Crippen molar-refractivity contribution in [2.24, 2.45) is 0 Å². The van der Waals surface area contributed by atoms with Crippen molar-refractivity contribution in [3.8, 4) is 0 Å². The Kier molecular flexibility index (Phi) is 4.64. The fraction of sp³-hybridized carbons (Fsp3) is 0.250. The van der Waals surface area contributed by atoms with Crippen molar-refractivity contribution in [2.45, 2.75) is 18.9 Å². The van der Waals surface area contributed by atoms with E-state index in [1.54, 1.807) is 4.90 Å². The first-order valence-corrected chi connectivity index (χ1v) is 8.60. The minimum atomic E-state index is -0.311. The average Bonchev–Trinajstić information content (AvgIpc) is 3.08. The zero-order valence-corrected chi connectivity index (χ0v) is 14.2. The van der Waals surface area contributed by atoms with Gasteiger partial charge >= 0.3 is 6.09 Å². The monoisotopic (exact) mass is 349 g/mol. The highest BCUT2D eigenvalue weighted by Crippen LogP contribution is 2.26. The molecule has 4 rings (SSSR count). The molecule has 6 heteroatoms. The number of rotatable bonds is 5. The Bertz CT molecular complexity index is 858. The SMILES string of the molecule is O=C(OCc1ccccc1)N1CC(c2nc(Cc3ccccc3)no2)C1. The molecule has 3 aromatic rings. The third kappa shape index (κ3) is 3.74. The Morgan fingerprint density at radius 2 is 1.69 bits per heavy atom. The van der Waals surface area contributed by atoms with Crippen LogP contribution in [0.15, 0.2) is 65.2 Å². The van der Waals surface area contributed by atoms with Gasteiger partial charge in [0.1, 0.15) is 6.61 Å². The van der Waals surface area contributed by atoms with E-state index in [-0.39, 0.29) is 18.6 Å². The lowest BCUT2D eigenvalue weighted by atomic mass is 10.0. The molecule has 1 amide bonds. The summed E-state index contributed by atoms with van der Waals surface area (Å²) in [6.07, 6.45) is 0.328. The maximum absolute atomic E-state index is 12.1. The van der Waals surface area contributed by atoms with Crippen LogP contribution in [0.5, 0.6) is 0 Å². The van der Waals surface area contributed by atoms with Crippen molar-refractivity contribution in [2.75, 3.05) is 13.1 Å². The minimum absolute atomic E-state index is 0.0799. The lowest BCUT2D eigenvalue weighted by Gasteiger charge is -2.35. The van der Waals surface area contributed by atoms with Crippen molar-refractivity contribution in [1.82, 2.24) is 15.0 Å². The van der Waals surface area contributed by atoms with Gasteiger partial charge in [-0.15, -0.1) is 0 Å². The zero-order chi connectivity index (χ0) is 17.8. The molecule has 0 saturated carbocycles. The van der Waals surface area contributed by atoms with E-state index in [0.717, 1.165) is 11.1 Å². The number of ether oxygens (including phenoxy) is 1. The average molecular weight is 349 g/mol. The van der Waals surface area contributed by atoms with Crippen molar-refractivity contribution in [1.29, 1.82) is 0 Å². The summed E-state index contributed by atoms with van der Waals surface area (Å²) in [4.78, 5) is 18.2. The van der Waals surface area contributed by atoms with E-state index >= 15 is 0 Å². The van der Waals surface area contributed by atoms with Gasteiger partial charge in [-0.05, 0) is 11.1 Å². The molecule has 0 aliphatic carbocycles. The number of carbonyl (C=O) groups is 1. The van der Waals surface area contributed by atoms with Crippen LogP contribution in [-0.4, -0.2) is 34.2 Å². The van der Waals surface area contributed by atoms with E-state index in [4.69, 9.17) is 9.26 Å². The van der Waals surface area contributed by atoms with E-state index in [9.17, 15) is 4.79 Å². The second-order valence-electron chi connectivity index (χ2n) is 6.35. The van der Waals surface area contributed by atoms with Gasteiger partial charge in [-0.2, -0.15) is 4.98 Å². The van der Waals surface area contributed by atoms with Crippen LogP contribution in [0.3, 0.4) is 0 Å². The van der Waals surface area contributed by atoms with Crippen LogP contribution >= 0.6 is 0 Å². The summed E-state index contributed by atoms with van der Waals surface area (Å²) < 4.78 is 10.7. The molecule has 1 aliphatic heterocycles. The second-order valence-corrected chi connectivity index (χ2v) is 6.35. The lowest BCUT2D eigenvalue weighted by molar-refractivity contribution is 0.0605. The number of amides is 1. The molecule has 1 aromatic heterocycles. The molecule has 1 aliphatic rings. The topological polar surface area (TPSA) is 68.5 Å². The molecule has 6 nitrogen and oxygen atoms in total. The van der Waals surface area contributed by atoms with Crippen LogP contribution in [0, 0.1) is 0 Å². The predicted molar refractivity (Wildman–Crippen MR) is 94.5 cm³/mol. The maximum atomic E-state index is 12.1. The molecular formula is C20H19N3O3. The van der Waals surface area contributed by atoms with Gasteiger partial charge in [-0.3, -0.25) is 0 Å². The summed E-state index contributed by atoms with van der Waals surface area (Å²) in [6.45, 7) is 1.36. The van der Waals surface area contributed by atoms with Gasteiger partial charge in [0.05, 0.1) is 5.92 Å². The molecule has 0 N–H and O–H groups in total. The van der Waals surface area contributed by atoms with E-state index in [1.165, 1.54) is 0 Å². The number of aromatic nitrogens is 2. The Morgan fingerprint density at radius 1 is 1.04 bits per heavy atom. The van der Waals surface area contributed by atoms with E-state index < -0.39 is 0 Å². The maximum Gasteiger partial charge on any atom is 0.410 e. The van der Waals surface area contributed by atoms with E-state index in [0.29, 0.717) is 31.2 Å². The molecule has 0 unspecified atom stereocenters. The van der Waals surface area contributed by atoms with Crippen LogP contribution in [-0.2, 0) is 17.8 Å². The first kappa shape index (κ1) is 16.3. The number of nitrogens with zero attached hydrogens (tertiary/aromatic N) is 3. The third-order valence-electron chi connectivity index (χ3n) is 4.38. The Labute approximate surface area is 151 Å². The summed E-state index contributed by atoms with van der Waals surface area (Å²) in [7, 11) is 0. The fourth-order valence-electron chi connectivity index (χ4n) is 2.88. The van der Waals surface area contributed by atoms with Gasteiger partial charge < -0.3 is 14.2 Å². The third-order valence-corrected chi connectivity index (χ3v) is 4.38. The molecule has 2 aromatic carbocycles. The first-order chi connectivity index (χ1) is 12.8. The number of likely N-dealkylation sites (tertiary alicyclic amines) is 1. The van der Waals surface area contributed by atoms with Crippen LogP contribution in [0.2, 0.25) is 0 Å². The molecule has 1 fully saturated rings. The molecule has 132 valence electrons. The normalized spacial score (nSPS) is 14.1. The summed E-state index contributed by atoms with van der Waals surface area (Å²) in [5.74, 6) is 1.33. The molecule has 2 heterocycles. The smallest absolute Gasteiger partial charge is 0.410 e. The van der Waals surface area contributed by atoms with Gasteiger partial charge in [0.2, 0.25) is 5.89 Å². The minimum Gasteiger partial charge on any atom is -0.445 e. The van der Waals surface area contributed by atoms with Crippen molar-refractivity contribution < 1.29 is 14.1 Å². The van der Waals surface area contributed by atoms with E-state index in [2.05, 4.69) is 10.1 Å². The standard InChI is InChI=1S/C20H19N3O3/c24-20(25-14-16-9-5-2-6-10-16)23-12-17(13-23)19-21-18(22-26-19)11-15-7-3-1-4-8-15/h1-10,17H,11-14H2. The molecule has 0 bridgehead atoms. The highest BCUT2D eigenvalue weighted by molar-refractivity contribution is 5.69. The summed E-state index contributed by atoms with van der Waals surface area (Å²) >= 11 is 0. The van der Waals surface area contributed by atoms with Gasteiger partial charge in [-0.1, -0.05) is 65.8 Å². The quantitative estimate of drug-likeness (QED) is 0.706. The largest absolute Gasteiger partial charge is 0.445 e. The van der Waals surface area contributed by atoms with Crippen LogP contribution in [0.1, 0.15) is 28.8 Å². The lowest BCUT2D eigenvalue weighted by Crippen LogP contribution is -2.48. The molecular weight excluding hydrogens is 330 g/mol. The van der Waals surface area contributed by atoms with Crippen molar-refractivity contribution >= 4 is 6.09 Å². The fourth-order valence-corrected chi connectivity index (χ4v) is 2.88. The summed E-state index contributed by atoms with van der Waals surface area (Å²) in [5.41, 5.74) is 2.11. The Hall–Kier alpha value is -3.15. The van der Waals surface area contributed by atoms with Crippen molar-refractivity contribution in [3.63, 3.8) is 0 Å². The van der Waals surface area contributed by atoms with Gasteiger partial charge in [0.25, 0.3) is 0 Å². The molecule has 1 saturated heterocycles. The predicted octanol–water partition coefficient (Wildman–Crippen LogP) is 3.40. The van der Waals surface area contributed by atoms with E-state index in [1.807, 2.05) is 60.7 Å². The highest BCUT2D eigenvalue weighted by Gasteiger charge is 2.36. The van der Waals surface area contributed by atoms with Crippen LogP contribution < -0.4 is 0 Å². The summed E-state index contributed by atoms with van der Waals surface area (Å²) in [6, 6.07) is 19.7. The molecule has 0 radical (unpaired) electrons. The number of carbonyl (C=O) groups excluding carboxylic acids is 1.